The van der Waals surface area contributed by atoms with Gasteiger partial charge >= 0.3 is 18.9 Å². The van der Waals surface area contributed by atoms with Crippen molar-refractivity contribution in [3.8, 4) is 0 Å². The zero-order valence-corrected chi connectivity index (χ0v) is 25.7. The van der Waals surface area contributed by atoms with Crippen LogP contribution >= 0.6 is 15.8 Å². The van der Waals surface area contributed by atoms with Crippen LogP contribution in [0.3, 0.4) is 0 Å². The minimum absolute atomic E-state index is 0. The first-order valence-corrected chi connectivity index (χ1v) is 16.6. The Bertz CT molecular complexity index is 1110. The van der Waals surface area contributed by atoms with Crippen LogP contribution in [-0.4, -0.2) is 12.3 Å². The van der Waals surface area contributed by atoms with Crippen molar-refractivity contribution in [1.29, 1.82) is 0 Å². The molecule has 0 aliphatic heterocycles. The SMILES string of the molecule is C1=CCC=C1.CP(c1ccccc1)c1ccccc1.[CH3-].[Li+].c1ccc(P(c2ccccc2)C2CCCC2)cc1. The first-order valence-electron chi connectivity index (χ1n) is 13.4. The Kier molecular flexibility index (Phi) is 16.1. The molecule has 39 heavy (non-hydrogen) atoms. The molecule has 0 unspecified atom stereocenters. The van der Waals surface area contributed by atoms with Crippen molar-refractivity contribution < 1.29 is 18.9 Å². The van der Waals surface area contributed by atoms with Crippen molar-refractivity contribution in [2.24, 2.45) is 0 Å². The summed E-state index contributed by atoms with van der Waals surface area (Å²) >= 11 is 0. The van der Waals surface area contributed by atoms with Gasteiger partial charge in [0.15, 0.2) is 0 Å². The summed E-state index contributed by atoms with van der Waals surface area (Å²) in [7, 11) is -0.323. The summed E-state index contributed by atoms with van der Waals surface area (Å²) < 4.78 is 0. The number of allylic oxidation sites excluding steroid dienone is 4. The maximum atomic E-state index is 2.32. The van der Waals surface area contributed by atoms with Crippen LogP contribution in [0.15, 0.2) is 146 Å². The molecule has 0 saturated heterocycles. The van der Waals surface area contributed by atoms with E-state index in [1.165, 1.54) is 36.3 Å². The molecule has 2 aliphatic carbocycles. The summed E-state index contributed by atoms with van der Waals surface area (Å²) in [5.74, 6) is 0. The molecular formula is C36H41LiP2. The van der Waals surface area contributed by atoms with Crippen LogP contribution < -0.4 is 40.1 Å². The fourth-order valence-corrected chi connectivity index (χ4v) is 9.30. The summed E-state index contributed by atoms with van der Waals surface area (Å²) in [6, 6.07) is 43.6. The Hall–Kier alpha value is -2.18. The molecule has 0 atom stereocenters. The van der Waals surface area contributed by atoms with Gasteiger partial charge in [-0.15, -0.1) is 0 Å². The fraction of sp³-hybridized carbons (Fsp3) is 0.194. The molecular weight excluding hydrogens is 501 g/mol. The molecule has 0 nitrogen and oxygen atoms in total. The van der Waals surface area contributed by atoms with Gasteiger partial charge in [-0.25, -0.2) is 0 Å². The molecule has 4 aromatic carbocycles. The largest absolute Gasteiger partial charge is 1.00 e. The van der Waals surface area contributed by atoms with Crippen molar-refractivity contribution >= 4 is 37.1 Å². The van der Waals surface area contributed by atoms with Crippen LogP contribution in [0.25, 0.3) is 0 Å². The second kappa shape index (κ2) is 19.0. The zero-order chi connectivity index (χ0) is 25.5. The molecule has 1 saturated carbocycles. The third-order valence-electron chi connectivity index (χ3n) is 6.70. The Labute approximate surface area is 252 Å². The Balaban J connectivity index is 0.000000227. The average Bonchev–Trinajstić information content (AvgIpc) is 3.74. The Morgan fingerprint density at radius 2 is 0.846 bits per heavy atom. The van der Waals surface area contributed by atoms with Crippen LogP contribution in [0.4, 0.5) is 0 Å². The predicted octanol–water partition coefficient (Wildman–Crippen LogP) is 5.77. The Morgan fingerprint density at radius 3 is 1.15 bits per heavy atom. The van der Waals surface area contributed by atoms with Crippen molar-refractivity contribution in [3.05, 3.63) is 153 Å². The fourth-order valence-electron chi connectivity index (χ4n) is 4.76. The standard InChI is InChI=1S/C17H19P.C13H13P.C5H6.CH3.Li/c1-3-9-15(10-4-1)18(17-13-7-8-14-17)16-11-5-2-6-12-16;1-14(12-8-4-2-5-9-12)13-10-6-3-7-11-13;1-2-4-5-3-1;;/h1-6,9-12,17H,7-8,13-14H2;2-11H,1H3;1-4H,5H2;1H3;/q;;;-1;+1. The van der Waals surface area contributed by atoms with E-state index >= 15 is 0 Å². The van der Waals surface area contributed by atoms with E-state index in [0.717, 1.165) is 12.1 Å². The third-order valence-corrected chi connectivity index (χ3v) is 11.8. The van der Waals surface area contributed by atoms with Crippen LogP contribution in [0.1, 0.15) is 32.1 Å². The number of hydrogen-bond donors (Lipinski definition) is 0. The quantitative estimate of drug-likeness (QED) is 0.171. The minimum atomic E-state index is -0.171. The summed E-state index contributed by atoms with van der Waals surface area (Å²) in [6.07, 6.45) is 15.2. The van der Waals surface area contributed by atoms with Gasteiger partial charge in [0.2, 0.25) is 0 Å². The van der Waals surface area contributed by atoms with E-state index in [-0.39, 0.29) is 42.1 Å². The van der Waals surface area contributed by atoms with Gasteiger partial charge in [-0.05, 0) is 68.6 Å². The van der Waals surface area contributed by atoms with E-state index in [9.17, 15) is 0 Å². The van der Waals surface area contributed by atoms with Crippen molar-refractivity contribution in [2.45, 2.75) is 37.8 Å². The molecule has 4 aromatic rings. The van der Waals surface area contributed by atoms with Gasteiger partial charge in [-0.1, -0.05) is 158 Å². The van der Waals surface area contributed by atoms with Gasteiger partial charge in [0.05, 0.1) is 0 Å². The summed E-state index contributed by atoms with van der Waals surface area (Å²) in [6.45, 7) is 2.31. The molecule has 0 N–H and O–H groups in total. The topological polar surface area (TPSA) is 0 Å². The molecule has 1 fully saturated rings. The van der Waals surface area contributed by atoms with Crippen molar-refractivity contribution in [2.75, 3.05) is 6.66 Å². The summed E-state index contributed by atoms with van der Waals surface area (Å²) in [4.78, 5) is 0. The van der Waals surface area contributed by atoms with Gasteiger partial charge < -0.3 is 7.43 Å². The first kappa shape index (κ1) is 33.0. The van der Waals surface area contributed by atoms with Gasteiger partial charge in [0.25, 0.3) is 0 Å². The maximum Gasteiger partial charge on any atom is 1.00 e. The number of benzene rings is 4. The molecule has 6 rings (SSSR count). The Morgan fingerprint density at radius 1 is 0.513 bits per heavy atom. The molecule has 0 amide bonds. The van der Waals surface area contributed by atoms with E-state index < -0.39 is 0 Å². The van der Waals surface area contributed by atoms with Gasteiger partial charge in [-0.2, -0.15) is 0 Å². The minimum Gasteiger partial charge on any atom is -0.358 e. The van der Waals surface area contributed by atoms with Gasteiger partial charge in [0, 0.05) is 0 Å². The molecule has 0 bridgehead atoms. The second-order valence-corrected chi connectivity index (χ2v) is 14.0. The van der Waals surface area contributed by atoms with E-state index in [1.54, 1.807) is 10.6 Å². The molecule has 2 aliphatic rings. The maximum absolute atomic E-state index is 2.32. The average molecular weight is 543 g/mol. The second-order valence-electron chi connectivity index (χ2n) is 9.30. The molecule has 0 heterocycles. The van der Waals surface area contributed by atoms with Crippen molar-refractivity contribution in [3.63, 3.8) is 0 Å². The predicted molar refractivity (Wildman–Crippen MR) is 176 cm³/mol. The molecule has 0 radical (unpaired) electrons. The molecule has 3 heteroatoms. The van der Waals surface area contributed by atoms with E-state index in [0.29, 0.717) is 0 Å². The van der Waals surface area contributed by atoms with Crippen molar-refractivity contribution in [1.82, 2.24) is 0 Å². The van der Waals surface area contributed by atoms with Gasteiger partial charge in [-0.3, -0.25) is 0 Å². The van der Waals surface area contributed by atoms with E-state index in [2.05, 4.69) is 152 Å². The van der Waals surface area contributed by atoms with Crippen LogP contribution in [0, 0.1) is 7.43 Å². The van der Waals surface area contributed by atoms with E-state index in [4.69, 9.17) is 0 Å². The third kappa shape index (κ3) is 10.7. The monoisotopic (exact) mass is 542 g/mol. The van der Waals surface area contributed by atoms with Crippen LogP contribution in [0.2, 0.25) is 0 Å². The molecule has 196 valence electrons. The zero-order valence-electron chi connectivity index (χ0n) is 23.9. The van der Waals surface area contributed by atoms with Crippen LogP contribution in [-0.2, 0) is 0 Å². The molecule has 0 spiro atoms. The molecule has 0 aromatic heterocycles. The van der Waals surface area contributed by atoms with Crippen LogP contribution in [0.5, 0.6) is 0 Å². The smallest absolute Gasteiger partial charge is 0.358 e. The summed E-state index contributed by atoms with van der Waals surface area (Å²) in [5, 5.41) is 5.97. The normalized spacial score (nSPS) is 13.5. The van der Waals surface area contributed by atoms with E-state index in [1.807, 2.05) is 0 Å². The number of rotatable bonds is 5. The first-order chi connectivity index (χ1) is 18.3. The summed E-state index contributed by atoms with van der Waals surface area (Å²) in [5.41, 5.74) is 0.893. The van der Waals surface area contributed by atoms with Gasteiger partial charge in [0.1, 0.15) is 0 Å². The number of hydrogen-bond acceptors (Lipinski definition) is 0.